The highest BCUT2D eigenvalue weighted by molar-refractivity contribution is 5.34. The average Bonchev–Trinajstić information content (AvgIpc) is 3.27. The summed E-state index contributed by atoms with van der Waals surface area (Å²) in [4.78, 5) is 0. The van der Waals surface area contributed by atoms with Crippen LogP contribution in [0.1, 0.15) is 93.4 Å². The molecule has 0 aromatic rings. The predicted octanol–water partition coefficient (Wildman–Crippen LogP) is 3.63. The molecule has 0 aromatic heterocycles. The fraction of sp³-hybridized carbons (Fsp3) is 1.00. The van der Waals surface area contributed by atoms with Gasteiger partial charge in [0.25, 0.3) is 0 Å². The molecule has 36 heavy (non-hydrogen) atoms. The molecule has 2 heterocycles. The lowest BCUT2D eigenvalue weighted by molar-refractivity contribution is -0.295. The van der Waals surface area contributed by atoms with Gasteiger partial charge in [-0.05, 0) is 98.2 Å². The molecule has 4 N–H and O–H groups in total. The highest BCUT2D eigenvalue weighted by Gasteiger charge is 2.88. The van der Waals surface area contributed by atoms with Gasteiger partial charge < -0.3 is 29.9 Å². The molecule has 5 saturated carbocycles. The maximum absolute atomic E-state index is 12.5. The van der Waals surface area contributed by atoms with Crippen molar-refractivity contribution >= 4 is 0 Å². The minimum Gasteiger partial charge on any atom is -0.393 e. The molecule has 2 saturated heterocycles. The number of hydrogen-bond donors (Lipinski definition) is 4. The molecule has 0 aromatic carbocycles. The average molecular weight is 505 g/mol. The molecule has 7 aliphatic rings. The zero-order valence-electron chi connectivity index (χ0n) is 23.3. The molecule has 3 spiro atoms. The molecule has 204 valence electrons. The maximum Gasteiger partial charge on any atom is 0.199 e. The quantitative estimate of drug-likeness (QED) is 0.435. The van der Waals surface area contributed by atoms with Gasteiger partial charge in [0.1, 0.15) is 18.3 Å². The van der Waals surface area contributed by atoms with Gasteiger partial charge in [-0.1, -0.05) is 34.6 Å². The standard InChI is InChI=1S/C30H48O6/c1-15-19(32)20-22(25(4,5)34)36-30(35-20)21(15)26(6)12-13-29-14-28(29)11-10-18(31)24(2,3)16(28)8-9-17(29)27(26,7)23(30)33/h15-23,31-34H,8-14H2,1-7H3/t15-,16-,17+,18+,19+,20-,21-,22+,23-,26-,27-,28-,29+,30+/m1/s1. The van der Waals surface area contributed by atoms with Crippen molar-refractivity contribution < 1.29 is 29.9 Å². The zero-order chi connectivity index (χ0) is 26.1. The highest BCUT2D eigenvalue weighted by atomic mass is 16.8. The molecule has 5 aliphatic carbocycles. The second kappa shape index (κ2) is 6.55. The number of fused-ring (bicyclic) bond motifs is 4. The van der Waals surface area contributed by atoms with Crippen LogP contribution in [0.4, 0.5) is 0 Å². The molecule has 0 amide bonds. The van der Waals surface area contributed by atoms with E-state index < -0.39 is 41.2 Å². The van der Waals surface area contributed by atoms with E-state index in [9.17, 15) is 20.4 Å². The Morgan fingerprint density at radius 2 is 1.47 bits per heavy atom. The summed E-state index contributed by atoms with van der Waals surface area (Å²) in [6.45, 7) is 14.7. The fourth-order valence-electron chi connectivity index (χ4n) is 12.6. The third-order valence-electron chi connectivity index (χ3n) is 14.3. The Balaban J connectivity index is 1.34. The van der Waals surface area contributed by atoms with Gasteiger partial charge in [0.05, 0.1) is 17.8 Å². The van der Waals surface area contributed by atoms with E-state index in [1.54, 1.807) is 13.8 Å². The summed E-state index contributed by atoms with van der Waals surface area (Å²) in [6.07, 6.45) is 4.37. The first-order chi connectivity index (χ1) is 16.5. The second-order valence-corrected chi connectivity index (χ2v) is 16.0. The van der Waals surface area contributed by atoms with E-state index in [0.717, 1.165) is 38.5 Å². The topological polar surface area (TPSA) is 99.4 Å². The highest BCUT2D eigenvalue weighted by Crippen LogP contribution is 2.90. The van der Waals surface area contributed by atoms with E-state index in [-0.39, 0.29) is 39.6 Å². The Bertz CT molecular complexity index is 990. The molecule has 0 radical (unpaired) electrons. The molecule has 7 fully saturated rings. The molecule has 6 nitrogen and oxygen atoms in total. The lowest BCUT2D eigenvalue weighted by Gasteiger charge is -2.63. The number of aliphatic hydroxyl groups excluding tert-OH is 3. The van der Waals surface area contributed by atoms with Crippen molar-refractivity contribution in [2.45, 2.75) is 135 Å². The van der Waals surface area contributed by atoms with Gasteiger partial charge in [-0.3, -0.25) is 0 Å². The van der Waals surface area contributed by atoms with Gasteiger partial charge >= 0.3 is 0 Å². The summed E-state index contributed by atoms with van der Waals surface area (Å²) in [6, 6.07) is 0. The van der Waals surface area contributed by atoms with Gasteiger partial charge in [0.2, 0.25) is 0 Å². The van der Waals surface area contributed by atoms with Crippen LogP contribution in [0.25, 0.3) is 0 Å². The van der Waals surface area contributed by atoms with E-state index in [2.05, 4.69) is 34.6 Å². The van der Waals surface area contributed by atoms with Crippen LogP contribution in [0.3, 0.4) is 0 Å². The van der Waals surface area contributed by atoms with Crippen molar-refractivity contribution in [3.8, 4) is 0 Å². The van der Waals surface area contributed by atoms with E-state index in [0.29, 0.717) is 11.8 Å². The Kier molecular flexibility index (Phi) is 4.51. The van der Waals surface area contributed by atoms with Crippen LogP contribution >= 0.6 is 0 Å². The summed E-state index contributed by atoms with van der Waals surface area (Å²) < 4.78 is 13.3. The maximum atomic E-state index is 12.5. The summed E-state index contributed by atoms with van der Waals surface area (Å²) in [7, 11) is 0. The van der Waals surface area contributed by atoms with Crippen LogP contribution < -0.4 is 0 Å². The molecular weight excluding hydrogens is 456 g/mol. The van der Waals surface area contributed by atoms with Crippen LogP contribution in [0, 0.1) is 50.7 Å². The minimum absolute atomic E-state index is 0.0706. The molecule has 14 atom stereocenters. The summed E-state index contributed by atoms with van der Waals surface area (Å²) in [5.41, 5.74) is -1.44. The van der Waals surface area contributed by atoms with Crippen LogP contribution in [-0.2, 0) is 9.47 Å². The molecule has 2 bridgehead atoms. The first-order valence-corrected chi connectivity index (χ1v) is 14.7. The summed E-state index contributed by atoms with van der Waals surface area (Å²) >= 11 is 0. The molecule has 6 heteroatoms. The third kappa shape index (κ3) is 2.29. The lowest BCUT2D eigenvalue weighted by atomic mass is 9.41. The zero-order valence-corrected chi connectivity index (χ0v) is 23.3. The van der Waals surface area contributed by atoms with Crippen molar-refractivity contribution in [1.82, 2.24) is 0 Å². The van der Waals surface area contributed by atoms with Crippen LogP contribution in [0.5, 0.6) is 0 Å². The predicted molar refractivity (Wildman–Crippen MR) is 134 cm³/mol. The van der Waals surface area contributed by atoms with Crippen molar-refractivity contribution in [2.24, 2.45) is 50.7 Å². The van der Waals surface area contributed by atoms with Crippen molar-refractivity contribution in [3.05, 3.63) is 0 Å². The Morgan fingerprint density at radius 1 is 0.833 bits per heavy atom. The molecule has 2 aliphatic heterocycles. The first-order valence-electron chi connectivity index (χ1n) is 14.7. The number of hydrogen-bond acceptors (Lipinski definition) is 6. The van der Waals surface area contributed by atoms with Gasteiger partial charge in [0, 0.05) is 11.3 Å². The second-order valence-electron chi connectivity index (χ2n) is 16.0. The SMILES string of the molecule is C[C@@H]1[C@H](O)[C@H]2O[C@@]3(O[C@@H]2C(C)(C)O)[C@H](O)[C@@]2(C)[C@@H]4CC[C@@H]5C(C)(C)[C@@H](O)CC[C@@]56C[C@@]46CC[C@]2(C)[C@@H]13. The van der Waals surface area contributed by atoms with E-state index in [1.165, 1.54) is 6.42 Å². The monoisotopic (exact) mass is 504 g/mol. The lowest BCUT2D eigenvalue weighted by Crippen LogP contribution is -2.60. The largest absolute Gasteiger partial charge is 0.393 e. The molecule has 7 rings (SSSR count). The summed E-state index contributed by atoms with van der Waals surface area (Å²) in [5.74, 6) is -0.542. The first kappa shape index (κ1) is 24.8. The van der Waals surface area contributed by atoms with E-state index in [4.69, 9.17) is 9.47 Å². The van der Waals surface area contributed by atoms with Crippen molar-refractivity contribution in [1.29, 1.82) is 0 Å². The van der Waals surface area contributed by atoms with Gasteiger partial charge in [-0.15, -0.1) is 0 Å². The third-order valence-corrected chi connectivity index (χ3v) is 14.3. The normalized spacial score (nSPS) is 64.6. The number of rotatable bonds is 1. The molecule has 0 unspecified atom stereocenters. The Labute approximate surface area is 216 Å². The Morgan fingerprint density at radius 3 is 2.14 bits per heavy atom. The summed E-state index contributed by atoms with van der Waals surface area (Å²) in [5, 5.41) is 45.8. The smallest absolute Gasteiger partial charge is 0.199 e. The number of ether oxygens (including phenoxy) is 2. The fourth-order valence-corrected chi connectivity index (χ4v) is 12.6. The van der Waals surface area contributed by atoms with Gasteiger partial charge in [0.15, 0.2) is 5.79 Å². The minimum atomic E-state index is -1.19. The van der Waals surface area contributed by atoms with Gasteiger partial charge in [-0.2, -0.15) is 0 Å². The van der Waals surface area contributed by atoms with E-state index >= 15 is 0 Å². The van der Waals surface area contributed by atoms with Crippen molar-refractivity contribution in [2.75, 3.05) is 0 Å². The molecular formula is C30H48O6. The van der Waals surface area contributed by atoms with Gasteiger partial charge in [-0.25, -0.2) is 0 Å². The van der Waals surface area contributed by atoms with Crippen LogP contribution in [0.2, 0.25) is 0 Å². The van der Waals surface area contributed by atoms with Crippen molar-refractivity contribution in [3.63, 3.8) is 0 Å². The van der Waals surface area contributed by atoms with Crippen LogP contribution in [0.15, 0.2) is 0 Å². The Hall–Kier alpha value is -0.240. The number of aliphatic hydroxyl groups is 4. The van der Waals surface area contributed by atoms with Crippen LogP contribution in [-0.4, -0.2) is 62.3 Å². The van der Waals surface area contributed by atoms with E-state index in [1.807, 2.05) is 0 Å².